The molecule has 0 spiro atoms. The number of halogens is 1. The molecule has 0 saturated carbocycles. The van der Waals surface area contributed by atoms with Gasteiger partial charge in [0.05, 0.1) is 6.42 Å². The largest absolute Gasteiger partial charge is 0.292 e. The number of pyridine rings is 1. The third-order valence-electron chi connectivity index (χ3n) is 2.13. The highest BCUT2D eigenvalue weighted by Crippen LogP contribution is 2.09. The fraction of sp³-hybridized carbons (Fsp3) is 0.182. The normalized spacial score (nSPS) is 10.4. The Bertz CT molecular complexity index is 504. The first kappa shape index (κ1) is 11.0. The molecular formula is C11H10BrN3O. The van der Waals surface area contributed by atoms with Crippen LogP contribution in [0.1, 0.15) is 16.2 Å². The molecule has 0 fully saturated rings. The minimum Gasteiger partial charge on any atom is -0.292 e. The summed E-state index contributed by atoms with van der Waals surface area (Å²) >= 11 is 3.30. The molecule has 2 rings (SSSR count). The number of aromatic nitrogens is 3. The fourth-order valence-corrected chi connectivity index (χ4v) is 1.56. The van der Waals surface area contributed by atoms with Crippen molar-refractivity contribution in [2.45, 2.75) is 6.42 Å². The van der Waals surface area contributed by atoms with E-state index in [1.54, 1.807) is 30.2 Å². The monoisotopic (exact) mass is 279 g/mol. The van der Waals surface area contributed by atoms with Gasteiger partial charge in [0.25, 0.3) is 0 Å². The zero-order valence-corrected chi connectivity index (χ0v) is 10.3. The van der Waals surface area contributed by atoms with Crippen LogP contribution in [0.5, 0.6) is 0 Å². The number of carbonyl (C=O) groups excluding carboxylic acids is 1. The minimum atomic E-state index is -0.0181. The summed E-state index contributed by atoms with van der Waals surface area (Å²) in [6.07, 6.45) is 3.72. The molecule has 0 bridgehead atoms. The first-order chi connectivity index (χ1) is 7.65. The molecule has 82 valence electrons. The third-order valence-corrected chi connectivity index (χ3v) is 2.60. The number of ketones is 1. The molecule has 2 aromatic rings. The summed E-state index contributed by atoms with van der Waals surface area (Å²) in [4.78, 5) is 15.9. The Morgan fingerprint density at radius 1 is 1.44 bits per heavy atom. The topological polar surface area (TPSA) is 47.8 Å². The van der Waals surface area contributed by atoms with Gasteiger partial charge in [0.15, 0.2) is 5.78 Å². The fourth-order valence-electron chi connectivity index (χ4n) is 1.33. The van der Waals surface area contributed by atoms with E-state index in [1.165, 1.54) is 0 Å². The summed E-state index contributed by atoms with van der Waals surface area (Å²) in [6, 6.07) is 5.40. The van der Waals surface area contributed by atoms with Gasteiger partial charge in [-0.15, -0.1) is 0 Å². The van der Waals surface area contributed by atoms with Crippen molar-refractivity contribution >= 4 is 21.7 Å². The summed E-state index contributed by atoms with van der Waals surface area (Å²) in [5.74, 6) is -0.0181. The first-order valence-electron chi connectivity index (χ1n) is 4.78. The number of nitrogens with zero attached hydrogens (tertiary/aromatic N) is 3. The van der Waals surface area contributed by atoms with E-state index in [0.717, 1.165) is 10.2 Å². The molecule has 0 atom stereocenters. The van der Waals surface area contributed by atoms with Gasteiger partial charge < -0.3 is 0 Å². The van der Waals surface area contributed by atoms with Gasteiger partial charge >= 0.3 is 0 Å². The quantitative estimate of drug-likeness (QED) is 0.808. The van der Waals surface area contributed by atoms with Crippen LogP contribution in [-0.4, -0.2) is 20.5 Å². The molecule has 0 aliphatic carbocycles. The van der Waals surface area contributed by atoms with Crippen LogP contribution < -0.4 is 0 Å². The molecule has 0 aromatic carbocycles. The van der Waals surface area contributed by atoms with Crippen molar-refractivity contribution in [2.24, 2.45) is 7.05 Å². The van der Waals surface area contributed by atoms with Crippen molar-refractivity contribution in [2.75, 3.05) is 0 Å². The number of Topliss-reactive ketones (excluding diaryl/α,β-unsaturated/α-hetero) is 1. The maximum absolute atomic E-state index is 11.8. The van der Waals surface area contributed by atoms with Gasteiger partial charge in [-0.3, -0.25) is 14.5 Å². The van der Waals surface area contributed by atoms with E-state index >= 15 is 0 Å². The maximum atomic E-state index is 11.8. The van der Waals surface area contributed by atoms with Gasteiger partial charge in [0.2, 0.25) is 0 Å². The number of aryl methyl sites for hydroxylation is 1. The van der Waals surface area contributed by atoms with Gasteiger partial charge in [-0.25, -0.2) is 0 Å². The first-order valence-corrected chi connectivity index (χ1v) is 5.58. The average molecular weight is 280 g/mol. The Labute approximate surface area is 101 Å². The van der Waals surface area contributed by atoms with Crippen LogP contribution in [0.2, 0.25) is 0 Å². The Hall–Kier alpha value is -1.49. The lowest BCUT2D eigenvalue weighted by molar-refractivity contribution is 0.0986. The van der Waals surface area contributed by atoms with E-state index in [2.05, 4.69) is 26.0 Å². The lowest BCUT2D eigenvalue weighted by Gasteiger charge is -1.98. The van der Waals surface area contributed by atoms with Crippen LogP contribution >= 0.6 is 15.9 Å². The molecule has 0 unspecified atom stereocenters. The Kier molecular flexibility index (Phi) is 3.14. The van der Waals surface area contributed by atoms with Gasteiger partial charge in [-0.2, -0.15) is 5.10 Å². The zero-order valence-electron chi connectivity index (χ0n) is 8.72. The third kappa shape index (κ3) is 2.55. The van der Waals surface area contributed by atoms with Crippen molar-refractivity contribution in [3.05, 3.63) is 46.5 Å². The van der Waals surface area contributed by atoms with Crippen molar-refractivity contribution in [3.8, 4) is 0 Å². The second-order valence-electron chi connectivity index (χ2n) is 3.44. The summed E-state index contributed by atoms with van der Waals surface area (Å²) < 4.78 is 2.52. The summed E-state index contributed by atoms with van der Waals surface area (Å²) in [6.45, 7) is 0. The molecule has 2 aromatic heterocycles. The molecule has 0 aliphatic heterocycles. The molecule has 0 aliphatic rings. The van der Waals surface area contributed by atoms with E-state index in [-0.39, 0.29) is 12.2 Å². The number of rotatable bonds is 3. The summed E-state index contributed by atoms with van der Waals surface area (Å²) in [5.41, 5.74) is 1.23. The SMILES string of the molecule is Cn1ccc(C(=O)Cc2ccc(Br)cn2)n1. The number of carbonyl (C=O) groups is 1. The van der Waals surface area contributed by atoms with Crippen LogP contribution in [0.25, 0.3) is 0 Å². The van der Waals surface area contributed by atoms with Crippen LogP contribution in [0.4, 0.5) is 0 Å². The molecule has 0 saturated heterocycles. The molecule has 16 heavy (non-hydrogen) atoms. The molecule has 0 radical (unpaired) electrons. The molecule has 4 nitrogen and oxygen atoms in total. The second kappa shape index (κ2) is 4.57. The summed E-state index contributed by atoms with van der Waals surface area (Å²) in [5, 5.41) is 4.05. The highest BCUT2D eigenvalue weighted by molar-refractivity contribution is 9.10. The van der Waals surface area contributed by atoms with Crippen molar-refractivity contribution in [3.63, 3.8) is 0 Å². The van der Waals surface area contributed by atoms with Crippen LogP contribution in [0.15, 0.2) is 35.1 Å². The number of hydrogen-bond donors (Lipinski definition) is 0. The lowest BCUT2D eigenvalue weighted by Crippen LogP contribution is -2.06. The number of hydrogen-bond acceptors (Lipinski definition) is 3. The van der Waals surface area contributed by atoms with E-state index in [0.29, 0.717) is 5.69 Å². The van der Waals surface area contributed by atoms with Crippen LogP contribution in [0, 0.1) is 0 Å². The molecular weight excluding hydrogens is 270 g/mol. The van der Waals surface area contributed by atoms with E-state index in [9.17, 15) is 4.79 Å². The van der Waals surface area contributed by atoms with E-state index in [1.807, 2.05) is 12.1 Å². The Morgan fingerprint density at radius 3 is 2.81 bits per heavy atom. The summed E-state index contributed by atoms with van der Waals surface area (Å²) in [7, 11) is 1.79. The van der Waals surface area contributed by atoms with E-state index in [4.69, 9.17) is 0 Å². The van der Waals surface area contributed by atoms with Crippen molar-refractivity contribution < 1.29 is 4.79 Å². The predicted octanol–water partition coefficient (Wildman–Crippen LogP) is 2.00. The molecule has 2 heterocycles. The minimum absolute atomic E-state index is 0.0181. The molecule has 0 N–H and O–H groups in total. The predicted molar refractivity (Wildman–Crippen MR) is 63.2 cm³/mol. The van der Waals surface area contributed by atoms with E-state index < -0.39 is 0 Å². The highest BCUT2D eigenvalue weighted by atomic mass is 79.9. The molecule has 0 amide bonds. The standard InChI is InChI=1S/C11H10BrN3O/c1-15-5-4-10(14-15)11(16)6-9-3-2-8(12)7-13-9/h2-5,7H,6H2,1H3. The Balaban J connectivity index is 2.10. The second-order valence-corrected chi connectivity index (χ2v) is 4.36. The van der Waals surface area contributed by atoms with Crippen LogP contribution in [-0.2, 0) is 13.5 Å². The Morgan fingerprint density at radius 2 is 2.25 bits per heavy atom. The van der Waals surface area contributed by atoms with Crippen molar-refractivity contribution in [1.82, 2.24) is 14.8 Å². The van der Waals surface area contributed by atoms with Gasteiger partial charge in [0, 0.05) is 29.6 Å². The van der Waals surface area contributed by atoms with Gasteiger partial charge in [0.1, 0.15) is 5.69 Å². The smallest absolute Gasteiger partial charge is 0.188 e. The van der Waals surface area contributed by atoms with Gasteiger partial charge in [-0.05, 0) is 34.1 Å². The maximum Gasteiger partial charge on any atom is 0.188 e. The average Bonchev–Trinajstić information content (AvgIpc) is 2.68. The van der Waals surface area contributed by atoms with Crippen LogP contribution in [0.3, 0.4) is 0 Å². The molecule has 5 heteroatoms. The zero-order chi connectivity index (χ0) is 11.5. The van der Waals surface area contributed by atoms with Gasteiger partial charge in [-0.1, -0.05) is 0 Å². The lowest BCUT2D eigenvalue weighted by atomic mass is 10.1. The highest BCUT2D eigenvalue weighted by Gasteiger charge is 2.10. The van der Waals surface area contributed by atoms with Crippen molar-refractivity contribution in [1.29, 1.82) is 0 Å².